The summed E-state index contributed by atoms with van der Waals surface area (Å²) in [4.78, 5) is 29.2. The topological polar surface area (TPSA) is 98.1 Å². The maximum atomic E-state index is 12.5. The number of nitrogens with one attached hydrogen (secondary N) is 2. The van der Waals surface area contributed by atoms with Gasteiger partial charge in [-0.25, -0.2) is 4.68 Å². The minimum absolute atomic E-state index is 0.0316. The molecule has 30 heavy (non-hydrogen) atoms. The van der Waals surface area contributed by atoms with E-state index in [1.54, 1.807) is 7.11 Å². The van der Waals surface area contributed by atoms with Crippen LogP contribution in [0, 0.1) is 0 Å². The first-order valence-corrected chi connectivity index (χ1v) is 9.76. The van der Waals surface area contributed by atoms with Gasteiger partial charge in [-0.2, -0.15) is 4.98 Å². The highest BCUT2D eigenvalue weighted by Crippen LogP contribution is 2.29. The smallest absolute Gasteiger partial charge is 0.252 e. The summed E-state index contributed by atoms with van der Waals surface area (Å²) in [7, 11) is 1.60. The molecule has 154 valence electrons. The van der Waals surface area contributed by atoms with Crippen molar-refractivity contribution in [2.24, 2.45) is 0 Å². The van der Waals surface area contributed by atoms with Crippen LogP contribution in [0.5, 0.6) is 5.75 Å². The number of carbonyl (C=O) groups excluding carboxylic acids is 2. The molecule has 2 N–H and O–H groups in total. The molecule has 0 saturated carbocycles. The van der Waals surface area contributed by atoms with Gasteiger partial charge in [-0.15, -0.1) is 5.10 Å². The van der Waals surface area contributed by atoms with Gasteiger partial charge in [0.05, 0.1) is 13.5 Å². The van der Waals surface area contributed by atoms with Gasteiger partial charge in [-0.1, -0.05) is 26.0 Å². The number of ether oxygens (including phenoxy) is 1. The Bertz CT molecular complexity index is 1070. The molecular formula is C22H23N5O3. The molecule has 1 aliphatic rings. The Morgan fingerprint density at radius 2 is 1.87 bits per heavy atom. The number of benzene rings is 2. The number of fused-ring (bicyclic) bond motifs is 1. The van der Waals surface area contributed by atoms with Crippen molar-refractivity contribution in [3.05, 3.63) is 54.1 Å². The van der Waals surface area contributed by atoms with Gasteiger partial charge in [0.2, 0.25) is 11.9 Å². The fourth-order valence-electron chi connectivity index (χ4n) is 3.31. The summed E-state index contributed by atoms with van der Waals surface area (Å²) in [5.74, 6) is 1.41. The number of methoxy groups -OCH3 is 1. The van der Waals surface area contributed by atoms with Crippen molar-refractivity contribution in [2.75, 3.05) is 17.7 Å². The highest BCUT2D eigenvalue weighted by molar-refractivity contribution is 6.01. The second-order valence-corrected chi connectivity index (χ2v) is 7.47. The lowest BCUT2D eigenvalue weighted by Gasteiger charge is -2.11. The predicted molar refractivity (Wildman–Crippen MR) is 113 cm³/mol. The van der Waals surface area contributed by atoms with E-state index in [9.17, 15) is 9.59 Å². The molecule has 0 spiro atoms. The van der Waals surface area contributed by atoms with Crippen LogP contribution in [0.25, 0.3) is 11.4 Å². The van der Waals surface area contributed by atoms with E-state index in [4.69, 9.17) is 4.74 Å². The van der Waals surface area contributed by atoms with Crippen LogP contribution in [-0.4, -0.2) is 33.7 Å². The van der Waals surface area contributed by atoms with Gasteiger partial charge >= 0.3 is 0 Å². The van der Waals surface area contributed by atoms with E-state index in [1.165, 1.54) is 10.2 Å². The second-order valence-electron chi connectivity index (χ2n) is 7.47. The zero-order valence-electron chi connectivity index (χ0n) is 17.0. The van der Waals surface area contributed by atoms with Crippen molar-refractivity contribution in [2.45, 2.75) is 32.2 Å². The molecule has 2 amide bonds. The molecule has 0 bridgehead atoms. The molecule has 0 radical (unpaired) electrons. The summed E-state index contributed by atoms with van der Waals surface area (Å²) >= 11 is 0. The van der Waals surface area contributed by atoms with Crippen LogP contribution in [0.15, 0.2) is 48.5 Å². The first-order chi connectivity index (χ1) is 14.4. The number of hydrogen-bond donors (Lipinski definition) is 2. The Morgan fingerprint density at radius 3 is 2.50 bits per heavy atom. The molecule has 8 nitrogen and oxygen atoms in total. The summed E-state index contributed by atoms with van der Waals surface area (Å²) in [6.45, 7) is 4.23. The normalized spacial score (nSPS) is 15.1. The average Bonchev–Trinajstić information content (AvgIpc) is 3.27. The van der Waals surface area contributed by atoms with E-state index < -0.39 is 6.04 Å². The van der Waals surface area contributed by atoms with E-state index in [1.807, 2.05) is 48.5 Å². The molecule has 2 heterocycles. The van der Waals surface area contributed by atoms with Gasteiger partial charge < -0.3 is 10.1 Å². The number of nitrogens with zero attached hydrogens (tertiary/aromatic N) is 3. The van der Waals surface area contributed by atoms with Gasteiger partial charge in [-0.05, 0) is 47.9 Å². The molecule has 1 atom stereocenters. The van der Waals surface area contributed by atoms with Gasteiger partial charge in [0.15, 0.2) is 5.82 Å². The number of carbonyl (C=O) groups is 2. The fourth-order valence-corrected chi connectivity index (χ4v) is 3.31. The zero-order valence-corrected chi connectivity index (χ0v) is 17.0. The summed E-state index contributed by atoms with van der Waals surface area (Å²) in [6, 6.07) is 14.3. The number of amides is 2. The zero-order chi connectivity index (χ0) is 21.3. The summed E-state index contributed by atoms with van der Waals surface area (Å²) < 4.78 is 6.64. The predicted octanol–water partition coefficient (Wildman–Crippen LogP) is 3.60. The molecule has 8 heteroatoms. The third kappa shape index (κ3) is 3.89. The molecule has 2 aromatic carbocycles. The van der Waals surface area contributed by atoms with Gasteiger partial charge in [0.1, 0.15) is 11.8 Å². The maximum absolute atomic E-state index is 12.5. The van der Waals surface area contributed by atoms with Crippen molar-refractivity contribution in [1.82, 2.24) is 14.8 Å². The van der Waals surface area contributed by atoms with Gasteiger partial charge in [0.25, 0.3) is 5.91 Å². The SMILES string of the molecule is COc1ccc(-c2nc3n(n2)C(CC(=O)Nc2ccc(C(C)C)cc2)C(=O)N3)cc1. The molecule has 4 rings (SSSR count). The van der Waals surface area contributed by atoms with Crippen LogP contribution in [0.2, 0.25) is 0 Å². The van der Waals surface area contributed by atoms with Crippen LogP contribution < -0.4 is 15.4 Å². The monoisotopic (exact) mass is 405 g/mol. The molecule has 1 aliphatic heterocycles. The number of hydrogen-bond acceptors (Lipinski definition) is 5. The quantitative estimate of drug-likeness (QED) is 0.653. The van der Waals surface area contributed by atoms with E-state index in [2.05, 4.69) is 34.6 Å². The largest absolute Gasteiger partial charge is 0.497 e. The van der Waals surface area contributed by atoms with Crippen molar-refractivity contribution >= 4 is 23.5 Å². The molecule has 1 unspecified atom stereocenters. The fraction of sp³-hybridized carbons (Fsp3) is 0.273. The standard InChI is InChI=1S/C22H23N5O3/c1-13(2)14-4-8-16(9-5-14)23-19(28)12-18-21(29)25-22-24-20(26-27(18)22)15-6-10-17(30-3)11-7-15/h4-11,13,18H,12H2,1-3H3,(H,23,28)(H,24,25,26,29). The number of aromatic nitrogens is 3. The number of rotatable bonds is 6. The molecule has 0 aliphatic carbocycles. The van der Waals surface area contributed by atoms with Crippen molar-refractivity contribution < 1.29 is 14.3 Å². The first kappa shape index (κ1) is 19.6. The van der Waals surface area contributed by atoms with Crippen LogP contribution in [0.1, 0.15) is 37.8 Å². The lowest BCUT2D eigenvalue weighted by atomic mass is 10.0. The Kier molecular flexibility index (Phi) is 5.22. The van der Waals surface area contributed by atoms with Gasteiger partial charge in [0, 0.05) is 11.3 Å². The highest BCUT2D eigenvalue weighted by Gasteiger charge is 2.35. The second kappa shape index (κ2) is 7.98. The Balaban J connectivity index is 1.47. The minimum Gasteiger partial charge on any atom is -0.497 e. The Labute approximate surface area is 174 Å². The van der Waals surface area contributed by atoms with Crippen LogP contribution in [-0.2, 0) is 9.59 Å². The van der Waals surface area contributed by atoms with Gasteiger partial charge in [-0.3, -0.25) is 14.9 Å². The van der Waals surface area contributed by atoms with Crippen molar-refractivity contribution in [3.8, 4) is 17.1 Å². The van der Waals surface area contributed by atoms with Crippen LogP contribution in [0.3, 0.4) is 0 Å². The van der Waals surface area contributed by atoms with Crippen LogP contribution >= 0.6 is 0 Å². The lowest BCUT2D eigenvalue weighted by molar-refractivity contribution is -0.123. The Hall–Kier alpha value is -3.68. The lowest BCUT2D eigenvalue weighted by Crippen LogP contribution is -2.23. The minimum atomic E-state index is -0.741. The van der Waals surface area contributed by atoms with E-state index >= 15 is 0 Å². The molecule has 0 fully saturated rings. The average molecular weight is 405 g/mol. The summed E-state index contributed by atoms with van der Waals surface area (Å²) in [5, 5.41) is 9.98. The van der Waals surface area contributed by atoms with Crippen molar-refractivity contribution in [3.63, 3.8) is 0 Å². The first-order valence-electron chi connectivity index (χ1n) is 9.76. The molecule has 0 saturated heterocycles. The number of anilines is 2. The van der Waals surface area contributed by atoms with E-state index in [0.29, 0.717) is 23.4 Å². The van der Waals surface area contributed by atoms with Crippen LogP contribution in [0.4, 0.5) is 11.6 Å². The Morgan fingerprint density at radius 1 is 1.17 bits per heavy atom. The van der Waals surface area contributed by atoms with E-state index in [0.717, 1.165) is 11.3 Å². The third-order valence-corrected chi connectivity index (χ3v) is 5.05. The summed E-state index contributed by atoms with van der Waals surface area (Å²) in [6.07, 6.45) is -0.0316. The molecule has 1 aromatic heterocycles. The molecule has 3 aromatic rings. The molecular weight excluding hydrogens is 382 g/mol. The van der Waals surface area contributed by atoms with Crippen molar-refractivity contribution in [1.29, 1.82) is 0 Å². The third-order valence-electron chi connectivity index (χ3n) is 5.05. The highest BCUT2D eigenvalue weighted by atomic mass is 16.5. The summed E-state index contributed by atoms with van der Waals surface area (Å²) in [5.41, 5.74) is 2.68. The maximum Gasteiger partial charge on any atom is 0.252 e. The van der Waals surface area contributed by atoms with E-state index in [-0.39, 0.29) is 18.2 Å².